The Bertz CT molecular complexity index is 1350. The van der Waals surface area contributed by atoms with Crippen molar-refractivity contribution >= 4 is 21.7 Å². The number of hydrogen-bond donors (Lipinski definition) is 0. The van der Waals surface area contributed by atoms with Gasteiger partial charge in [0.05, 0.1) is 18.9 Å². The first-order chi connectivity index (χ1) is 14.4. The van der Waals surface area contributed by atoms with Gasteiger partial charge in [0.2, 0.25) is 0 Å². The van der Waals surface area contributed by atoms with E-state index in [0.29, 0.717) is 13.2 Å². The highest BCUT2D eigenvalue weighted by atomic mass is 16.5. The number of fused-ring (bicyclic) bond motifs is 3. The van der Waals surface area contributed by atoms with Gasteiger partial charge in [-0.15, -0.1) is 0 Å². The second-order valence-corrected chi connectivity index (χ2v) is 7.76. The molecule has 0 radical (unpaired) electrons. The number of rotatable bonds is 3. The molecular weight excluding hydrogens is 354 g/mol. The molecule has 29 heavy (non-hydrogen) atoms. The lowest BCUT2D eigenvalue weighted by Gasteiger charge is -2.16. The average molecular weight is 375 g/mol. The van der Waals surface area contributed by atoms with Gasteiger partial charge in [0.15, 0.2) is 0 Å². The third kappa shape index (κ3) is 2.68. The zero-order chi connectivity index (χ0) is 19.2. The van der Waals surface area contributed by atoms with Crippen LogP contribution in [0.3, 0.4) is 0 Å². The summed E-state index contributed by atoms with van der Waals surface area (Å²) in [5, 5.41) is 3.86. The summed E-state index contributed by atoms with van der Waals surface area (Å²) in [6.07, 6.45) is 0. The largest absolute Gasteiger partial charge is 0.372 e. The molecule has 0 saturated heterocycles. The molecule has 0 N–H and O–H groups in total. The van der Waals surface area contributed by atoms with Crippen LogP contribution in [0.15, 0.2) is 91.0 Å². The van der Waals surface area contributed by atoms with E-state index in [2.05, 4.69) is 95.6 Å². The second kappa shape index (κ2) is 6.61. The van der Waals surface area contributed by atoms with Gasteiger partial charge in [0, 0.05) is 23.0 Å². The van der Waals surface area contributed by atoms with E-state index in [9.17, 15) is 0 Å². The van der Waals surface area contributed by atoms with Crippen molar-refractivity contribution in [3.8, 4) is 11.3 Å². The zero-order valence-electron chi connectivity index (χ0n) is 16.1. The maximum atomic E-state index is 5.87. The lowest BCUT2D eigenvalue weighted by molar-refractivity contribution is 0.134. The summed E-state index contributed by atoms with van der Waals surface area (Å²) in [7, 11) is 0. The van der Waals surface area contributed by atoms with Crippen LogP contribution in [0.25, 0.3) is 32.9 Å². The fourth-order valence-electron chi connectivity index (χ4n) is 4.65. The van der Waals surface area contributed by atoms with Crippen molar-refractivity contribution in [1.82, 2.24) is 4.57 Å². The molecule has 2 heteroatoms. The Morgan fingerprint density at radius 3 is 2.38 bits per heavy atom. The Hall–Kier alpha value is -3.36. The Morgan fingerprint density at radius 2 is 1.48 bits per heavy atom. The minimum atomic E-state index is 0.683. The topological polar surface area (TPSA) is 14.2 Å². The maximum absolute atomic E-state index is 5.87. The number of ether oxygens (including phenoxy) is 1. The molecule has 140 valence electrons. The van der Waals surface area contributed by atoms with E-state index in [1.54, 1.807) is 0 Å². The minimum absolute atomic E-state index is 0.683. The highest BCUT2D eigenvalue weighted by Crippen LogP contribution is 2.40. The normalized spacial score (nSPS) is 13.2. The number of aromatic nitrogens is 1. The summed E-state index contributed by atoms with van der Waals surface area (Å²) in [5.41, 5.74) is 7.82. The monoisotopic (exact) mass is 375 g/mol. The molecule has 1 aliphatic rings. The standard InChI is InChI=1S/C27H21NO/c1-2-8-19(9-3-1)16-28-25-13-7-5-11-21(25)15-26(28)27-23-12-6-4-10-20(23)14-22-17-29-18-24(22)27/h1-15H,16-18H2. The number of para-hydroxylation sites is 1. The Balaban J connectivity index is 1.68. The fraction of sp³-hybridized carbons (Fsp3) is 0.111. The van der Waals surface area contributed by atoms with Gasteiger partial charge in [-0.3, -0.25) is 0 Å². The summed E-state index contributed by atoms with van der Waals surface area (Å²) >= 11 is 0. The van der Waals surface area contributed by atoms with Gasteiger partial charge in [-0.05, 0) is 45.7 Å². The molecule has 0 amide bonds. The zero-order valence-corrected chi connectivity index (χ0v) is 16.1. The summed E-state index contributed by atoms with van der Waals surface area (Å²) in [6, 6.07) is 32.8. The molecule has 1 aliphatic heterocycles. The van der Waals surface area contributed by atoms with Crippen LogP contribution in [0, 0.1) is 0 Å². The molecule has 1 aromatic heterocycles. The molecule has 0 spiro atoms. The summed E-state index contributed by atoms with van der Waals surface area (Å²) in [4.78, 5) is 0. The first-order valence-electron chi connectivity index (χ1n) is 10.1. The quantitative estimate of drug-likeness (QED) is 0.349. The van der Waals surface area contributed by atoms with Crippen molar-refractivity contribution in [2.24, 2.45) is 0 Å². The molecule has 2 heterocycles. The maximum Gasteiger partial charge on any atom is 0.0731 e. The highest BCUT2D eigenvalue weighted by molar-refractivity contribution is 6.01. The van der Waals surface area contributed by atoms with Crippen molar-refractivity contribution in [3.05, 3.63) is 108 Å². The molecule has 4 aromatic carbocycles. The van der Waals surface area contributed by atoms with Crippen LogP contribution >= 0.6 is 0 Å². The predicted octanol–water partition coefficient (Wildman–Crippen LogP) is 6.54. The van der Waals surface area contributed by atoms with E-state index >= 15 is 0 Å². The molecule has 5 aromatic rings. The molecule has 0 unspecified atom stereocenters. The highest BCUT2D eigenvalue weighted by Gasteiger charge is 2.22. The lowest BCUT2D eigenvalue weighted by atomic mass is 9.93. The van der Waals surface area contributed by atoms with Crippen LogP contribution in [0.1, 0.15) is 16.7 Å². The Labute approximate surface area is 170 Å². The minimum Gasteiger partial charge on any atom is -0.372 e. The van der Waals surface area contributed by atoms with Gasteiger partial charge >= 0.3 is 0 Å². The van der Waals surface area contributed by atoms with Crippen molar-refractivity contribution in [3.63, 3.8) is 0 Å². The second-order valence-electron chi connectivity index (χ2n) is 7.76. The van der Waals surface area contributed by atoms with Gasteiger partial charge in [-0.2, -0.15) is 0 Å². The van der Waals surface area contributed by atoms with Gasteiger partial charge in [0.25, 0.3) is 0 Å². The van der Waals surface area contributed by atoms with Gasteiger partial charge in [-0.1, -0.05) is 72.8 Å². The first kappa shape index (κ1) is 16.6. The summed E-state index contributed by atoms with van der Waals surface area (Å²) < 4.78 is 8.33. The van der Waals surface area contributed by atoms with Crippen molar-refractivity contribution in [1.29, 1.82) is 0 Å². The Kier molecular flexibility index (Phi) is 3.78. The van der Waals surface area contributed by atoms with E-state index in [0.717, 1.165) is 6.54 Å². The van der Waals surface area contributed by atoms with E-state index < -0.39 is 0 Å². The predicted molar refractivity (Wildman–Crippen MR) is 119 cm³/mol. The van der Waals surface area contributed by atoms with Crippen LogP contribution in [0.4, 0.5) is 0 Å². The van der Waals surface area contributed by atoms with Gasteiger partial charge in [0.1, 0.15) is 0 Å². The van der Waals surface area contributed by atoms with Crippen molar-refractivity contribution in [2.75, 3.05) is 0 Å². The third-order valence-corrected chi connectivity index (χ3v) is 6.00. The molecule has 0 saturated carbocycles. The van der Waals surface area contributed by atoms with E-state index in [-0.39, 0.29) is 0 Å². The number of benzene rings is 4. The molecule has 0 fully saturated rings. The molecule has 6 rings (SSSR count). The smallest absolute Gasteiger partial charge is 0.0731 e. The molecule has 0 aliphatic carbocycles. The average Bonchev–Trinajstić information content (AvgIpc) is 3.37. The first-order valence-corrected chi connectivity index (χ1v) is 10.1. The third-order valence-electron chi connectivity index (χ3n) is 6.00. The number of hydrogen-bond acceptors (Lipinski definition) is 1. The van der Waals surface area contributed by atoms with Crippen LogP contribution in [0.5, 0.6) is 0 Å². The van der Waals surface area contributed by atoms with Crippen molar-refractivity contribution < 1.29 is 4.74 Å². The SMILES string of the molecule is c1ccc(Cn2c(-c3c4c(cc5ccccc35)COC4)cc3ccccc32)cc1. The van der Waals surface area contributed by atoms with E-state index in [1.807, 2.05) is 0 Å². The van der Waals surface area contributed by atoms with Crippen LogP contribution in [-0.4, -0.2) is 4.57 Å². The van der Waals surface area contributed by atoms with Crippen LogP contribution < -0.4 is 0 Å². The molecule has 2 nitrogen and oxygen atoms in total. The van der Waals surface area contributed by atoms with Crippen LogP contribution in [0.2, 0.25) is 0 Å². The molecule has 0 bridgehead atoms. The summed E-state index contributed by atoms with van der Waals surface area (Å²) in [6.45, 7) is 2.23. The molecular formula is C27H21NO. The van der Waals surface area contributed by atoms with E-state index in [4.69, 9.17) is 4.74 Å². The van der Waals surface area contributed by atoms with Gasteiger partial charge in [-0.25, -0.2) is 0 Å². The lowest BCUT2D eigenvalue weighted by Crippen LogP contribution is -2.03. The van der Waals surface area contributed by atoms with Crippen LogP contribution in [-0.2, 0) is 24.5 Å². The van der Waals surface area contributed by atoms with Gasteiger partial charge < -0.3 is 9.30 Å². The Morgan fingerprint density at radius 1 is 0.724 bits per heavy atom. The fourth-order valence-corrected chi connectivity index (χ4v) is 4.65. The number of nitrogens with zero attached hydrogens (tertiary/aromatic N) is 1. The van der Waals surface area contributed by atoms with E-state index in [1.165, 1.54) is 49.6 Å². The van der Waals surface area contributed by atoms with Crippen molar-refractivity contribution in [2.45, 2.75) is 19.8 Å². The summed E-state index contributed by atoms with van der Waals surface area (Å²) in [5.74, 6) is 0. The molecule has 0 atom stereocenters.